The number of halogens is 4. The molecule has 26 heavy (non-hydrogen) atoms. The van der Waals surface area contributed by atoms with Gasteiger partial charge in [-0.25, -0.2) is 13.5 Å². The van der Waals surface area contributed by atoms with Crippen molar-refractivity contribution in [1.82, 2.24) is 5.32 Å². The summed E-state index contributed by atoms with van der Waals surface area (Å²) in [5, 5.41) is 2.33. The average Bonchev–Trinajstić information content (AvgIpc) is 2.58. The van der Waals surface area contributed by atoms with E-state index in [0.29, 0.717) is 11.8 Å². The third-order valence-electron chi connectivity index (χ3n) is 3.32. The fourth-order valence-corrected chi connectivity index (χ4v) is 2.26. The number of anilines is 1. The molecule has 3 N–H and O–H groups in total. The number of benzene rings is 2. The van der Waals surface area contributed by atoms with Gasteiger partial charge in [-0.1, -0.05) is 12.8 Å². The van der Waals surface area contributed by atoms with Crippen molar-refractivity contribution in [2.45, 2.75) is 12.7 Å². The van der Waals surface area contributed by atoms with Gasteiger partial charge in [-0.2, -0.15) is 13.2 Å². The van der Waals surface area contributed by atoms with Gasteiger partial charge in [0.2, 0.25) is 5.91 Å². The molecular weight excluding hydrogens is 374 g/mol. The van der Waals surface area contributed by atoms with Crippen molar-refractivity contribution >= 4 is 30.4 Å². The summed E-state index contributed by atoms with van der Waals surface area (Å²) in [6.07, 6.45) is -4.70. The molecule has 2 aromatic carbocycles. The van der Waals surface area contributed by atoms with E-state index in [9.17, 15) is 27.2 Å². The van der Waals surface area contributed by atoms with Crippen molar-refractivity contribution < 1.29 is 27.2 Å². The molecule has 10 heteroatoms. The second-order valence-corrected chi connectivity index (χ2v) is 5.63. The lowest BCUT2D eigenvalue weighted by Gasteiger charge is -2.17. The first kappa shape index (κ1) is 19.6. The zero-order valence-electron chi connectivity index (χ0n) is 13.0. The molecule has 0 radical (unpaired) electrons. The second kappa shape index (κ2) is 7.65. The van der Waals surface area contributed by atoms with E-state index < -0.39 is 29.5 Å². The van der Waals surface area contributed by atoms with Gasteiger partial charge in [-0.15, -0.1) is 0 Å². The molecule has 138 valence electrons. The molecule has 2 rings (SSSR count). The Morgan fingerprint density at radius 2 is 1.73 bits per heavy atom. The highest BCUT2D eigenvalue weighted by Gasteiger charge is 2.31. The molecule has 0 aliphatic rings. The second-order valence-electron chi connectivity index (χ2n) is 5.23. The van der Waals surface area contributed by atoms with Crippen LogP contribution in [0.4, 0.5) is 28.0 Å². The average molecular weight is 387 g/mol. The van der Waals surface area contributed by atoms with Crippen LogP contribution in [0.15, 0.2) is 42.5 Å². The van der Waals surface area contributed by atoms with Crippen LogP contribution in [0.5, 0.6) is 0 Å². The van der Waals surface area contributed by atoms with Crippen LogP contribution in [-0.4, -0.2) is 11.9 Å². The number of rotatable bonds is 4. The zero-order valence-corrected chi connectivity index (χ0v) is 13.9. The Bertz CT molecular complexity index is 825. The van der Waals surface area contributed by atoms with Gasteiger partial charge in [0.15, 0.2) is 0 Å². The minimum absolute atomic E-state index is 0.0588. The molecular formula is C16H13F4N3O2S. The van der Waals surface area contributed by atoms with Crippen LogP contribution < -0.4 is 15.4 Å². The van der Waals surface area contributed by atoms with Crippen molar-refractivity contribution in [2.75, 3.05) is 4.31 Å². The molecule has 0 unspecified atom stereocenters. The van der Waals surface area contributed by atoms with Gasteiger partial charge in [-0.3, -0.25) is 4.79 Å². The van der Waals surface area contributed by atoms with Gasteiger partial charge in [-0.05, 0) is 48.0 Å². The summed E-state index contributed by atoms with van der Waals surface area (Å²) in [4.78, 5) is 23.0. The molecule has 0 saturated carbocycles. The Morgan fingerprint density at radius 3 is 2.27 bits per heavy atom. The summed E-state index contributed by atoms with van der Waals surface area (Å²) in [5.41, 5.74) is 4.43. The minimum Gasteiger partial charge on any atom is -0.366 e. The first-order valence-corrected chi connectivity index (χ1v) is 7.51. The minimum atomic E-state index is -4.70. The normalized spacial score (nSPS) is 11.1. The van der Waals surface area contributed by atoms with Crippen molar-refractivity contribution in [3.05, 3.63) is 65.0 Å². The number of hydrogen-bond acceptors (Lipinski definition) is 3. The van der Waals surface area contributed by atoms with Crippen molar-refractivity contribution in [1.29, 1.82) is 0 Å². The monoisotopic (exact) mass is 387 g/mol. The first-order chi connectivity index (χ1) is 12.1. The Hall–Kier alpha value is -2.75. The molecule has 0 heterocycles. The van der Waals surface area contributed by atoms with E-state index in [-0.39, 0.29) is 17.7 Å². The largest absolute Gasteiger partial charge is 0.416 e. The molecule has 0 atom stereocenters. The number of urea groups is 1. The maximum atomic E-state index is 13.3. The van der Waals surface area contributed by atoms with Crippen molar-refractivity contribution in [3.63, 3.8) is 0 Å². The van der Waals surface area contributed by atoms with E-state index in [0.717, 1.165) is 16.4 Å². The number of carbonyl (C=O) groups is 2. The van der Waals surface area contributed by atoms with Crippen LogP contribution in [0.2, 0.25) is 0 Å². The van der Waals surface area contributed by atoms with E-state index in [1.807, 2.05) is 0 Å². The summed E-state index contributed by atoms with van der Waals surface area (Å²) < 4.78 is 52.3. The third-order valence-corrected chi connectivity index (χ3v) is 3.73. The number of alkyl halides is 3. The van der Waals surface area contributed by atoms with Crippen LogP contribution in [0, 0.1) is 5.82 Å². The highest BCUT2D eigenvalue weighted by atomic mass is 32.1. The Balaban J connectivity index is 2.06. The smallest absolute Gasteiger partial charge is 0.366 e. The zero-order chi connectivity index (χ0) is 19.5. The maximum absolute atomic E-state index is 13.3. The number of amides is 3. The van der Waals surface area contributed by atoms with Crippen molar-refractivity contribution in [3.8, 4) is 0 Å². The van der Waals surface area contributed by atoms with Crippen LogP contribution in [0.25, 0.3) is 0 Å². The van der Waals surface area contributed by atoms with Crippen LogP contribution in [0.1, 0.15) is 21.5 Å². The molecule has 0 fully saturated rings. The van der Waals surface area contributed by atoms with E-state index in [1.54, 1.807) is 0 Å². The number of nitrogens with two attached hydrogens (primary N) is 1. The lowest BCUT2D eigenvalue weighted by atomic mass is 10.1. The van der Waals surface area contributed by atoms with Crippen LogP contribution in [0.3, 0.4) is 0 Å². The molecule has 0 aliphatic carbocycles. The standard InChI is InChI=1S/C16H13F4N3O2S/c17-12-6-9(5-11(7-12)16(18,19)20)8-22-15(25)23(26)13-3-1-10(2-4-13)14(21)24/h1-7,26H,8H2,(H2,21,24)(H,22,25). The van der Waals surface area contributed by atoms with Crippen molar-refractivity contribution in [2.24, 2.45) is 5.73 Å². The summed E-state index contributed by atoms with van der Waals surface area (Å²) in [5.74, 6) is -1.70. The Kier molecular flexibility index (Phi) is 5.76. The number of primary amides is 1. The first-order valence-electron chi connectivity index (χ1n) is 7.11. The summed E-state index contributed by atoms with van der Waals surface area (Å²) in [6, 6.07) is 6.85. The number of hydrogen-bond donors (Lipinski definition) is 3. The van der Waals surface area contributed by atoms with E-state index in [2.05, 4.69) is 18.1 Å². The topological polar surface area (TPSA) is 75.4 Å². The van der Waals surface area contributed by atoms with E-state index in [4.69, 9.17) is 5.73 Å². The maximum Gasteiger partial charge on any atom is 0.416 e. The predicted octanol–water partition coefficient (Wildman–Crippen LogP) is 3.50. The lowest BCUT2D eigenvalue weighted by molar-refractivity contribution is -0.137. The highest BCUT2D eigenvalue weighted by Crippen LogP contribution is 2.30. The molecule has 5 nitrogen and oxygen atoms in total. The number of thiol groups is 1. The molecule has 0 saturated heterocycles. The Labute approximate surface area is 151 Å². The predicted molar refractivity (Wildman–Crippen MR) is 90.1 cm³/mol. The van der Waals surface area contributed by atoms with Gasteiger partial charge in [0, 0.05) is 12.1 Å². The van der Waals surface area contributed by atoms with Crippen LogP contribution in [-0.2, 0) is 12.7 Å². The van der Waals surface area contributed by atoms with Gasteiger partial charge < -0.3 is 11.1 Å². The number of carbonyl (C=O) groups excluding carboxylic acids is 2. The molecule has 0 bridgehead atoms. The summed E-state index contributed by atoms with van der Waals surface area (Å²) in [6.45, 7) is -0.337. The number of nitrogens with one attached hydrogen (secondary N) is 1. The van der Waals surface area contributed by atoms with Gasteiger partial charge >= 0.3 is 12.2 Å². The lowest BCUT2D eigenvalue weighted by Crippen LogP contribution is -2.33. The van der Waals surface area contributed by atoms with Crippen LogP contribution >= 0.6 is 12.8 Å². The van der Waals surface area contributed by atoms with Gasteiger partial charge in [0.05, 0.1) is 11.3 Å². The third kappa shape index (κ3) is 4.88. The quantitative estimate of drug-likeness (QED) is 0.555. The molecule has 0 aliphatic heterocycles. The molecule has 0 spiro atoms. The summed E-state index contributed by atoms with van der Waals surface area (Å²) in [7, 11) is 0. The SMILES string of the molecule is NC(=O)c1ccc(N(S)C(=O)NCc2cc(F)cc(C(F)(F)F)c2)cc1. The number of nitrogens with zero attached hydrogens (tertiary/aromatic N) is 1. The van der Waals surface area contributed by atoms with Gasteiger partial charge in [0.25, 0.3) is 0 Å². The molecule has 2 aromatic rings. The Morgan fingerprint density at radius 1 is 1.12 bits per heavy atom. The van der Waals surface area contributed by atoms with Gasteiger partial charge in [0.1, 0.15) is 5.82 Å². The fraction of sp³-hybridized carbons (Fsp3) is 0.125. The summed E-state index contributed by atoms with van der Waals surface area (Å²) >= 11 is 3.98. The fourth-order valence-electron chi connectivity index (χ4n) is 2.05. The molecule has 0 aromatic heterocycles. The van der Waals surface area contributed by atoms with E-state index >= 15 is 0 Å². The molecule has 3 amide bonds. The highest BCUT2D eigenvalue weighted by molar-refractivity contribution is 7.82. The van der Waals surface area contributed by atoms with E-state index in [1.165, 1.54) is 24.3 Å².